The SMILES string of the molecule is Cc1ccc2nc(Sc3cc(CN)cc(C)n3)[nH]c2c1. The molecular weight excluding hydrogens is 268 g/mol. The lowest BCUT2D eigenvalue weighted by Gasteiger charge is -2.03. The number of rotatable bonds is 3. The molecule has 2 heterocycles. The standard InChI is InChI=1S/C15H16N4S/c1-9-3-4-12-13(5-9)19-15(18-12)20-14-7-11(8-16)6-10(2)17-14/h3-7H,8,16H2,1-2H3,(H,18,19). The summed E-state index contributed by atoms with van der Waals surface area (Å²) in [5, 5.41) is 1.77. The summed E-state index contributed by atoms with van der Waals surface area (Å²) >= 11 is 1.53. The lowest BCUT2D eigenvalue weighted by molar-refractivity contribution is 0.979. The van der Waals surface area contributed by atoms with Crippen LogP contribution in [0.25, 0.3) is 11.0 Å². The summed E-state index contributed by atoms with van der Waals surface area (Å²) in [5.74, 6) is 0. The molecule has 20 heavy (non-hydrogen) atoms. The Morgan fingerprint density at radius 1 is 1.15 bits per heavy atom. The van der Waals surface area contributed by atoms with Gasteiger partial charge in [0, 0.05) is 12.2 Å². The summed E-state index contributed by atoms with van der Waals surface area (Å²) in [6, 6.07) is 10.2. The average Bonchev–Trinajstić information content (AvgIpc) is 2.79. The number of pyridine rings is 1. The maximum absolute atomic E-state index is 5.70. The minimum absolute atomic E-state index is 0.524. The van der Waals surface area contributed by atoms with Gasteiger partial charge < -0.3 is 10.7 Å². The first kappa shape index (κ1) is 13.1. The number of benzene rings is 1. The third kappa shape index (κ3) is 2.69. The van der Waals surface area contributed by atoms with Crippen molar-refractivity contribution in [3.05, 3.63) is 47.2 Å². The van der Waals surface area contributed by atoms with Crippen LogP contribution in [-0.4, -0.2) is 15.0 Å². The van der Waals surface area contributed by atoms with Gasteiger partial charge >= 0.3 is 0 Å². The van der Waals surface area contributed by atoms with Gasteiger partial charge in [0.25, 0.3) is 0 Å². The zero-order valence-corrected chi connectivity index (χ0v) is 12.3. The van der Waals surface area contributed by atoms with E-state index in [1.165, 1.54) is 17.3 Å². The van der Waals surface area contributed by atoms with Crippen molar-refractivity contribution in [2.45, 2.75) is 30.6 Å². The first-order valence-corrected chi connectivity index (χ1v) is 7.27. The normalized spacial score (nSPS) is 11.2. The molecule has 0 amide bonds. The Bertz CT molecular complexity index is 764. The molecule has 5 heteroatoms. The monoisotopic (exact) mass is 284 g/mol. The Hall–Kier alpha value is -1.85. The van der Waals surface area contributed by atoms with Crippen LogP contribution in [0.3, 0.4) is 0 Å². The summed E-state index contributed by atoms with van der Waals surface area (Å²) in [5.41, 5.74) is 11.0. The molecule has 3 N–H and O–H groups in total. The van der Waals surface area contributed by atoms with E-state index in [9.17, 15) is 0 Å². The van der Waals surface area contributed by atoms with Gasteiger partial charge in [0.05, 0.1) is 11.0 Å². The van der Waals surface area contributed by atoms with Crippen LogP contribution in [0, 0.1) is 13.8 Å². The first-order chi connectivity index (χ1) is 9.64. The van der Waals surface area contributed by atoms with Gasteiger partial charge in [-0.15, -0.1) is 0 Å². The largest absolute Gasteiger partial charge is 0.333 e. The maximum Gasteiger partial charge on any atom is 0.172 e. The van der Waals surface area contributed by atoms with Crippen LogP contribution in [0.2, 0.25) is 0 Å². The Kier molecular flexibility index (Phi) is 3.46. The first-order valence-electron chi connectivity index (χ1n) is 6.46. The second-order valence-electron chi connectivity index (χ2n) is 4.82. The van der Waals surface area contributed by atoms with Crippen molar-refractivity contribution in [3.63, 3.8) is 0 Å². The maximum atomic E-state index is 5.70. The molecule has 3 rings (SSSR count). The minimum atomic E-state index is 0.524. The molecule has 0 aliphatic heterocycles. The van der Waals surface area contributed by atoms with Gasteiger partial charge in [0.15, 0.2) is 5.16 Å². The molecule has 0 saturated carbocycles. The number of H-pyrrole nitrogens is 1. The van der Waals surface area contributed by atoms with Crippen molar-refractivity contribution in [1.29, 1.82) is 0 Å². The molecule has 102 valence electrons. The number of nitrogens with two attached hydrogens (primary N) is 1. The molecule has 0 radical (unpaired) electrons. The molecule has 0 unspecified atom stereocenters. The fourth-order valence-corrected chi connectivity index (χ4v) is 3.03. The van der Waals surface area contributed by atoms with E-state index in [1.807, 2.05) is 25.1 Å². The van der Waals surface area contributed by atoms with E-state index >= 15 is 0 Å². The van der Waals surface area contributed by atoms with Crippen molar-refractivity contribution < 1.29 is 0 Å². The highest BCUT2D eigenvalue weighted by Crippen LogP contribution is 2.27. The van der Waals surface area contributed by atoms with E-state index in [4.69, 9.17) is 5.73 Å². The molecule has 0 bridgehead atoms. The summed E-state index contributed by atoms with van der Waals surface area (Å²) in [6.45, 7) is 4.57. The van der Waals surface area contributed by atoms with Gasteiger partial charge in [-0.05, 0) is 61.0 Å². The van der Waals surface area contributed by atoms with Gasteiger partial charge in [-0.3, -0.25) is 0 Å². The lowest BCUT2D eigenvalue weighted by atomic mass is 10.2. The van der Waals surface area contributed by atoms with Crippen molar-refractivity contribution in [1.82, 2.24) is 15.0 Å². The van der Waals surface area contributed by atoms with Crippen LogP contribution in [0.5, 0.6) is 0 Å². The van der Waals surface area contributed by atoms with Crippen LogP contribution < -0.4 is 5.73 Å². The number of fused-ring (bicyclic) bond motifs is 1. The molecular formula is C15H16N4S. The molecule has 0 aliphatic carbocycles. The highest BCUT2D eigenvalue weighted by atomic mass is 32.2. The molecule has 2 aromatic heterocycles. The Balaban J connectivity index is 1.94. The summed E-state index contributed by atoms with van der Waals surface area (Å²) in [4.78, 5) is 12.4. The molecule has 0 atom stereocenters. The number of aromatic amines is 1. The zero-order valence-electron chi connectivity index (χ0n) is 11.5. The smallest absolute Gasteiger partial charge is 0.172 e. The van der Waals surface area contributed by atoms with E-state index in [-0.39, 0.29) is 0 Å². The molecule has 3 aromatic rings. The molecule has 1 aromatic carbocycles. The number of hydrogen-bond acceptors (Lipinski definition) is 4. The quantitative estimate of drug-likeness (QED) is 0.775. The number of aromatic nitrogens is 3. The second kappa shape index (κ2) is 5.26. The van der Waals surface area contributed by atoms with E-state index in [1.54, 1.807) is 0 Å². The van der Waals surface area contributed by atoms with Crippen molar-refractivity contribution in [3.8, 4) is 0 Å². The van der Waals surface area contributed by atoms with Crippen molar-refractivity contribution in [2.75, 3.05) is 0 Å². The van der Waals surface area contributed by atoms with Gasteiger partial charge in [0.2, 0.25) is 0 Å². The predicted octanol–water partition coefficient (Wildman–Crippen LogP) is 3.18. The topological polar surface area (TPSA) is 67.6 Å². The van der Waals surface area contributed by atoms with Crippen LogP contribution in [0.1, 0.15) is 16.8 Å². The Morgan fingerprint density at radius 2 is 2.00 bits per heavy atom. The third-order valence-corrected chi connectivity index (χ3v) is 3.85. The minimum Gasteiger partial charge on any atom is -0.333 e. The van der Waals surface area contributed by atoms with Crippen LogP contribution in [0.15, 0.2) is 40.5 Å². The number of imidazole rings is 1. The van der Waals surface area contributed by atoms with E-state index < -0.39 is 0 Å². The number of nitrogens with one attached hydrogen (secondary N) is 1. The van der Waals surface area contributed by atoms with E-state index in [2.05, 4.69) is 34.0 Å². The third-order valence-electron chi connectivity index (χ3n) is 3.04. The summed E-state index contributed by atoms with van der Waals surface area (Å²) in [6.07, 6.45) is 0. The van der Waals surface area contributed by atoms with Crippen molar-refractivity contribution >= 4 is 22.8 Å². The molecule has 0 saturated heterocycles. The molecule has 0 spiro atoms. The van der Waals surface area contributed by atoms with Gasteiger partial charge in [-0.2, -0.15) is 0 Å². The van der Waals surface area contributed by atoms with Crippen LogP contribution in [0.4, 0.5) is 0 Å². The molecule has 4 nitrogen and oxygen atoms in total. The number of hydrogen-bond donors (Lipinski definition) is 2. The summed E-state index contributed by atoms with van der Waals surface area (Å²) < 4.78 is 0. The Morgan fingerprint density at radius 3 is 2.80 bits per heavy atom. The van der Waals surface area contributed by atoms with Gasteiger partial charge in [0.1, 0.15) is 5.03 Å². The molecule has 0 aliphatic rings. The van der Waals surface area contributed by atoms with Crippen LogP contribution in [-0.2, 0) is 6.54 Å². The van der Waals surface area contributed by atoms with Crippen molar-refractivity contribution in [2.24, 2.45) is 5.73 Å². The summed E-state index contributed by atoms with van der Waals surface area (Å²) in [7, 11) is 0. The fourth-order valence-electron chi connectivity index (χ4n) is 2.12. The van der Waals surface area contributed by atoms with Gasteiger partial charge in [-0.25, -0.2) is 9.97 Å². The second-order valence-corrected chi connectivity index (χ2v) is 5.83. The Labute approximate surface area is 121 Å². The average molecular weight is 284 g/mol. The predicted molar refractivity (Wildman–Crippen MR) is 81.8 cm³/mol. The number of nitrogens with zero attached hydrogens (tertiary/aromatic N) is 2. The highest BCUT2D eigenvalue weighted by Gasteiger charge is 2.07. The van der Waals surface area contributed by atoms with E-state index in [0.717, 1.165) is 32.5 Å². The van der Waals surface area contributed by atoms with E-state index in [0.29, 0.717) is 6.54 Å². The van der Waals surface area contributed by atoms with Crippen LogP contribution >= 0.6 is 11.8 Å². The lowest BCUT2D eigenvalue weighted by Crippen LogP contribution is -1.98. The number of aryl methyl sites for hydroxylation is 2. The zero-order chi connectivity index (χ0) is 14.1. The fraction of sp³-hybridized carbons (Fsp3) is 0.200. The highest BCUT2D eigenvalue weighted by molar-refractivity contribution is 7.99. The molecule has 0 fully saturated rings. The van der Waals surface area contributed by atoms with Gasteiger partial charge in [-0.1, -0.05) is 6.07 Å².